The molecule has 1 aromatic carbocycles. The molecule has 2 rings (SSSR count). The van der Waals surface area contributed by atoms with Gasteiger partial charge in [0.1, 0.15) is 11.6 Å². The van der Waals surface area contributed by atoms with E-state index in [0.717, 1.165) is 0 Å². The third kappa shape index (κ3) is 3.58. The van der Waals surface area contributed by atoms with Crippen molar-refractivity contribution in [2.24, 2.45) is 0 Å². The maximum atomic E-state index is 12.0. The first-order chi connectivity index (χ1) is 10.1. The lowest BCUT2D eigenvalue weighted by Crippen LogP contribution is -2.13. The highest BCUT2D eigenvalue weighted by Gasteiger charge is 2.10. The number of nitrogens with zero attached hydrogens (tertiary/aromatic N) is 2. The van der Waals surface area contributed by atoms with E-state index in [9.17, 15) is 15.0 Å². The molecule has 1 amide bonds. The monoisotopic (exact) mass is 281 g/mol. The summed E-state index contributed by atoms with van der Waals surface area (Å²) in [5.41, 5.74) is 0.754. The summed E-state index contributed by atoms with van der Waals surface area (Å²) in [6.45, 7) is 0. The molecular formula is C15H11N3O3. The topological polar surface area (TPSA) is 106 Å². The molecule has 0 atom stereocenters. The number of rotatable bonds is 3. The normalized spacial score (nSPS) is 10.7. The highest BCUT2D eigenvalue weighted by molar-refractivity contribution is 6.09. The van der Waals surface area contributed by atoms with E-state index in [1.807, 2.05) is 0 Å². The molecule has 0 spiro atoms. The summed E-state index contributed by atoms with van der Waals surface area (Å²) in [7, 11) is 0. The van der Waals surface area contributed by atoms with Gasteiger partial charge >= 0.3 is 0 Å². The molecule has 0 saturated heterocycles. The highest BCUT2D eigenvalue weighted by atomic mass is 16.3. The molecular weight excluding hydrogens is 270 g/mol. The zero-order chi connectivity index (χ0) is 15.2. The predicted molar refractivity (Wildman–Crippen MR) is 76.2 cm³/mol. The predicted octanol–water partition coefficient (Wildman–Crippen LogP) is 2.04. The molecule has 6 nitrogen and oxygen atoms in total. The number of anilines is 1. The van der Waals surface area contributed by atoms with Crippen LogP contribution in [0.25, 0.3) is 6.08 Å². The van der Waals surface area contributed by atoms with E-state index < -0.39 is 5.91 Å². The van der Waals surface area contributed by atoms with Gasteiger partial charge in [0, 0.05) is 6.20 Å². The number of carbonyl (C=O) groups excluding carboxylic acids is 1. The van der Waals surface area contributed by atoms with Crippen LogP contribution in [-0.4, -0.2) is 21.1 Å². The number of nitriles is 1. The van der Waals surface area contributed by atoms with E-state index in [1.165, 1.54) is 30.5 Å². The molecule has 0 unspecified atom stereocenters. The minimum atomic E-state index is -0.585. The molecule has 0 saturated carbocycles. The van der Waals surface area contributed by atoms with Crippen molar-refractivity contribution in [3.8, 4) is 17.6 Å². The molecule has 6 heteroatoms. The number of amides is 1. The Morgan fingerprint density at radius 3 is 2.71 bits per heavy atom. The van der Waals surface area contributed by atoms with E-state index in [1.54, 1.807) is 24.4 Å². The standard InChI is InChI=1S/C15H11N3O3/c16-8-11(6-10-3-4-13(19)14(20)7-10)15(21)18-12-2-1-5-17-9-12/h1-7,9,19-20H,(H,18,21)/b11-6+. The molecule has 21 heavy (non-hydrogen) atoms. The smallest absolute Gasteiger partial charge is 0.266 e. The third-order valence-electron chi connectivity index (χ3n) is 2.59. The molecule has 0 aliphatic carbocycles. The van der Waals surface area contributed by atoms with Gasteiger partial charge < -0.3 is 15.5 Å². The molecule has 3 N–H and O–H groups in total. The van der Waals surface area contributed by atoms with Crippen LogP contribution in [0, 0.1) is 11.3 Å². The van der Waals surface area contributed by atoms with Gasteiger partial charge in [0.05, 0.1) is 11.9 Å². The van der Waals surface area contributed by atoms with E-state index in [2.05, 4.69) is 10.3 Å². The average molecular weight is 281 g/mol. The van der Waals surface area contributed by atoms with Crippen molar-refractivity contribution in [2.45, 2.75) is 0 Å². The molecule has 0 aliphatic heterocycles. The van der Waals surface area contributed by atoms with E-state index in [0.29, 0.717) is 11.3 Å². The van der Waals surface area contributed by atoms with Crippen LogP contribution in [0.2, 0.25) is 0 Å². The number of carbonyl (C=O) groups is 1. The summed E-state index contributed by atoms with van der Waals surface area (Å²) in [5.74, 6) is -1.18. The second kappa shape index (κ2) is 6.21. The van der Waals surface area contributed by atoms with Gasteiger partial charge in [-0.25, -0.2) is 0 Å². The molecule has 2 aromatic rings. The molecule has 1 aromatic heterocycles. The summed E-state index contributed by atoms with van der Waals surface area (Å²) in [6.07, 6.45) is 4.33. The summed E-state index contributed by atoms with van der Waals surface area (Å²) in [6, 6.07) is 9.09. The largest absolute Gasteiger partial charge is 0.504 e. The van der Waals surface area contributed by atoms with E-state index in [-0.39, 0.29) is 17.1 Å². The Bertz CT molecular complexity index is 734. The SMILES string of the molecule is N#C/C(=C\c1ccc(O)c(O)c1)C(=O)Nc1cccnc1. The van der Waals surface area contributed by atoms with Gasteiger partial charge in [-0.3, -0.25) is 9.78 Å². The number of phenolic OH excluding ortho intramolecular Hbond substituents is 2. The Balaban J connectivity index is 2.22. The van der Waals surface area contributed by atoms with Crippen LogP contribution in [0.5, 0.6) is 11.5 Å². The number of aromatic hydroxyl groups is 2. The average Bonchev–Trinajstić information content (AvgIpc) is 2.49. The number of nitrogens with one attached hydrogen (secondary N) is 1. The minimum absolute atomic E-state index is 0.135. The molecule has 104 valence electrons. The second-order valence-electron chi connectivity index (χ2n) is 4.11. The zero-order valence-electron chi connectivity index (χ0n) is 10.8. The Kier molecular flexibility index (Phi) is 4.17. The summed E-state index contributed by atoms with van der Waals surface area (Å²) in [5, 5.41) is 30.2. The Labute approximate surface area is 120 Å². The van der Waals surface area contributed by atoms with Crippen LogP contribution in [0.15, 0.2) is 48.3 Å². The highest BCUT2D eigenvalue weighted by Crippen LogP contribution is 2.26. The number of phenols is 2. The van der Waals surface area contributed by atoms with Gasteiger partial charge in [-0.2, -0.15) is 5.26 Å². The van der Waals surface area contributed by atoms with Gasteiger partial charge in [0.2, 0.25) is 0 Å². The van der Waals surface area contributed by atoms with Gasteiger partial charge in [0.15, 0.2) is 11.5 Å². The fourth-order valence-corrected chi connectivity index (χ4v) is 1.58. The number of aromatic nitrogens is 1. The molecule has 1 heterocycles. The lowest BCUT2D eigenvalue weighted by molar-refractivity contribution is -0.112. The summed E-state index contributed by atoms with van der Waals surface area (Å²) >= 11 is 0. The Morgan fingerprint density at radius 2 is 2.10 bits per heavy atom. The fourth-order valence-electron chi connectivity index (χ4n) is 1.58. The van der Waals surface area contributed by atoms with Crippen molar-refractivity contribution in [3.63, 3.8) is 0 Å². The molecule has 0 radical (unpaired) electrons. The Morgan fingerprint density at radius 1 is 1.29 bits per heavy atom. The van der Waals surface area contributed by atoms with Crippen molar-refractivity contribution >= 4 is 17.7 Å². The van der Waals surface area contributed by atoms with Crippen molar-refractivity contribution in [1.82, 2.24) is 4.98 Å². The van der Waals surface area contributed by atoms with Gasteiger partial charge in [-0.05, 0) is 35.9 Å². The van der Waals surface area contributed by atoms with Gasteiger partial charge in [0.25, 0.3) is 5.91 Å². The van der Waals surface area contributed by atoms with Gasteiger partial charge in [-0.15, -0.1) is 0 Å². The van der Waals surface area contributed by atoms with Crippen LogP contribution in [-0.2, 0) is 4.79 Å². The van der Waals surface area contributed by atoms with Crippen molar-refractivity contribution in [2.75, 3.05) is 5.32 Å². The first kappa shape index (κ1) is 14.1. The number of hydrogen-bond donors (Lipinski definition) is 3. The molecule has 0 aliphatic rings. The van der Waals surface area contributed by atoms with Crippen LogP contribution in [0.1, 0.15) is 5.56 Å². The molecule has 0 fully saturated rings. The minimum Gasteiger partial charge on any atom is -0.504 e. The first-order valence-corrected chi connectivity index (χ1v) is 5.95. The maximum Gasteiger partial charge on any atom is 0.266 e. The quantitative estimate of drug-likeness (QED) is 0.453. The molecule has 0 bridgehead atoms. The maximum absolute atomic E-state index is 12.0. The lowest BCUT2D eigenvalue weighted by Gasteiger charge is -2.04. The number of benzene rings is 1. The lowest BCUT2D eigenvalue weighted by atomic mass is 10.1. The summed E-state index contributed by atoms with van der Waals surface area (Å²) in [4.78, 5) is 15.8. The first-order valence-electron chi connectivity index (χ1n) is 5.95. The van der Waals surface area contributed by atoms with Crippen LogP contribution >= 0.6 is 0 Å². The Hall–Kier alpha value is -3.33. The van der Waals surface area contributed by atoms with Crippen LogP contribution in [0.4, 0.5) is 5.69 Å². The van der Waals surface area contributed by atoms with E-state index in [4.69, 9.17) is 5.26 Å². The van der Waals surface area contributed by atoms with Crippen LogP contribution in [0.3, 0.4) is 0 Å². The number of hydrogen-bond acceptors (Lipinski definition) is 5. The van der Waals surface area contributed by atoms with Crippen molar-refractivity contribution in [3.05, 3.63) is 53.9 Å². The van der Waals surface area contributed by atoms with Crippen molar-refractivity contribution < 1.29 is 15.0 Å². The van der Waals surface area contributed by atoms with Crippen molar-refractivity contribution in [1.29, 1.82) is 5.26 Å². The number of pyridine rings is 1. The fraction of sp³-hybridized carbons (Fsp3) is 0. The van der Waals surface area contributed by atoms with Crippen LogP contribution < -0.4 is 5.32 Å². The second-order valence-corrected chi connectivity index (χ2v) is 4.11. The van der Waals surface area contributed by atoms with Gasteiger partial charge in [-0.1, -0.05) is 6.07 Å². The van der Waals surface area contributed by atoms with E-state index >= 15 is 0 Å². The third-order valence-corrected chi connectivity index (χ3v) is 2.59. The zero-order valence-corrected chi connectivity index (χ0v) is 10.8. The summed E-state index contributed by atoms with van der Waals surface area (Å²) < 4.78 is 0.